The largest absolute Gasteiger partial charge is 0.507 e. The number of ether oxygens (including phenoxy) is 1. The Morgan fingerprint density at radius 1 is 1.47 bits per heavy atom. The molecule has 17 heavy (non-hydrogen) atoms. The van der Waals surface area contributed by atoms with Gasteiger partial charge < -0.3 is 15.2 Å². The average Bonchev–Trinajstić information content (AvgIpc) is 2.29. The van der Waals surface area contributed by atoms with Crippen LogP contribution >= 0.6 is 15.9 Å². The monoisotopic (exact) mass is 301 g/mol. The van der Waals surface area contributed by atoms with Crippen LogP contribution in [-0.2, 0) is 9.53 Å². The lowest BCUT2D eigenvalue weighted by atomic mass is 10.2. The molecule has 0 atom stereocenters. The smallest absolute Gasteiger partial charge is 0.342 e. The third kappa shape index (κ3) is 4.07. The van der Waals surface area contributed by atoms with Crippen molar-refractivity contribution in [3.63, 3.8) is 0 Å². The highest BCUT2D eigenvalue weighted by Gasteiger charge is 2.14. The Hall–Kier alpha value is -1.56. The van der Waals surface area contributed by atoms with Gasteiger partial charge in [-0.2, -0.15) is 0 Å². The molecule has 0 spiro atoms. The number of phenols is 1. The molecule has 92 valence electrons. The standard InChI is InChI=1S/C11H12BrNO4/c1-2-13-10(15)6-17-11(16)8-5-7(12)3-4-9(8)14/h3-5,14H,2,6H2,1H3,(H,13,15). The molecule has 0 unspecified atom stereocenters. The summed E-state index contributed by atoms with van der Waals surface area (Å²) in [5.74, 6) is -1.31. The fourth-order valence-electron chi connectivity index (χ4n) is 1.13. The number of benzene rings is 1. The molecule has 1 aromatic carbocycles. The van der Waals surface area contributed by atoms with Gasteiger partial charge in [0.2, 0.25) is 0 Å². The van der Waals surface area contributed by atoms with Gasteiger partial charge in [0.05, 0.1) is 0 Å². The van der Waals surface area contributed by atoms with Gasteiger partial charge in [0.1, 0.15) is 11.3 Å². The first-order valence-corrected chi connectivity index (χ1v) is 5.76. The minimum atomic E-state index is -0.741. The maximum absolute atomic E-state index is 11.5. The van der Waals surface area contributed by atoms with Gasteiger partial charge in [-0.1, -0.05) is 15.9 Å². The lowest BCUT2D eigenvalue weighted by Crippen LogP contribution is -2.28. The summed E-state index contributed by atoms with van der Waals surface area (Å²) in [6.45, 7) is 1.87. The van der Waals surface area contributed by atoms with Crippen molar-refractivity contribution < 1.29 is 19.4 Å². The molecular formula is C11H12BrNO4. The number of hydrogen-bond acceptors (Lipinski definition) is 4. The number of phenolic OH excluding ortho intramolecular Hbond substituents is 1. The first-order chi connectivity index (χ1) is 8.04. The van der Waals surface area contributed by atoms with Gasteiger partial charge in [-0.05, 0) is 25.1 Å². The Morgan fingerprint density at radius 2 is 2.18 bits per heavy atom. The van der Waals surface area contributed by atoms with Crippen molar-refractivity contribution in [1.29, 1.82) is 0 Å². The van der Waals surface area contributed by atoms with E-state index in [0.717, 1.165) is 0 Å². The molecule has 0 aliphatic heterocycles. The number of rotatable bonds is 4. The quantitative estimate of drug-likeness (QED) is 0.825. The van der Waals surface area contributed by atoms with Crippen molar-refractivity contribution in [2.75, 3.05) is 13.2 Å². The second kappa shape index (κ2) is 6.24. The van der Waals surface area contributed by atoms with Gasteiger partial charge in [0.25, 0.3) is 5.91 Å². The lowest BCUT2D eigenvalue weighted by Gasteiger charge is -2.06. The number of nitrogens with one attached hydrogen (secondary N) is 1. The topological polar surface area (TPSA) is 75.6 Å². The summed E-state index contributed by atoms with van der Waals surface area (Å²) in [5, 5.41) is 11.9. The van der Waals surface area contributed by atoms with E-state index in [0.29, 0.717) is 11.0 Å². The molecule has 0 heterocycles. The highest BCUT2D eigenvalue weighted by atomic mass is 79.9. The van der Waals surface area contributed by atoms with E-state index in [2.05, 4.69) is 21.2 Å². The van der Waals surface area contributed by atoms with Gasteiger partial charge in [-0.15, -0.1) is 0 Å². The van der Waals surface area contributed by atoms with Crippen LogP contribution < -0.4 is 5.32 Å². The zero-order valence-electron chi connectivity index (χ0n) is 9.20. The first-order valence-electron chi connectivity index (χ1n) is 4.97. The molecule has 0 radical (unpaired) electrons. The second-order valence-electron chi connectivity index (χ2n) is 3.19. The maximum atomic E-state index is 11.5. The summed E-state index contributed by atoms with van der Waals surface area (Å²) in [6, 6.07) is 4.39. The molecule has 1 aromatic rings. The highest BCUT2D eigenvalue weighted by molar-refractivity contribution is 9.10. The summed E-state index contributed by atoms with van der Waals surface area (Å²) in [4.78, 5) is 22.6. The molecule has 1 amide bonds. The molecule has 0 bridgehead atoms. The van der Waals surface area contributed by atoms with Crippen LogP contribution in [0.4, 0.5) is 0 Å². The first kappa shape index (κ1) is 13.5. The van der Waals surface area contributed by atoms with Gasteiger partial charge in [-0.3, -0.25) is 4.79 Å². The molecule has 0 saturated heterocycles. The zero-order chi connectivity index (χ0) is 12.8. The van der Waals surface area contributed by atoms with Gasteiger partial charge in [-0.25, -0.2) is 4.79 Å². The number of esters is 1. The van der Waals surface area contributed by atoms with Crippen LogP contribution in [0.25, 0.3) is 0 Å². The third-order valence-electron chi connectivity index (χ3n) is 1.89. The van der Waals surface area contributed by atoms with Crippen LogP contribution in [-0.4, -0.2) is 30.1 Å². The van der Waals surface area contributed by atoms with Crippen LogP contribution in [0.15, 0.2) is 22.7 Å². The number of halogens is 1. The van der Waals surface area contributed by atoms with E-state index >= 15 is 0 Å². The van der Waals surface area contributed by atoms with E-state index in [-0.39, 0.29) is 23.8 Å². The molecule has 0 aromatic heterocycles. The number of amides is 1. The predicted molar refractivity (Wildman–Crippen MR) is 64.8 cm³/mol. The van der Waals surface area contributed by atoms with Crippen LogP contribution in [0.3, 0.4) is 0 Å². The Bertz CT molecular complexity index is 433. The van der Waals surface area contributed by atoms with Gasteiger partial charge >= 0.3 is 5.97 Å². The van der Waals surface area contributed by atoms with Crippen molar-refractivity contribution in [1.82, 2.24) is 5.32 Å². The molecule has 0 aliphatic rings. The predicted octanol–water partition coefficient (Wildman–Crippen LogP) is 1.45. The third-order valence-corrected chi connectivity index (χ3v) is 2.38. The molecule has 1 rings (SSSR count). The van der Waals surface area contributed by atoms with Crippen LogP contribution in [0.5, 0.6) is 5.75 Å². The van der Waals surface area contributed by atoms with E-state index in [1.807, 2.05) is 0 Å². The van der Waals surface area contributed by atoms with Crippen molar-refractivity contribution in [2.24, 2.45) is 0 Å². The summed E-state index contributed by atoms with van der Waals surface area (Å²) in [6.07, 6.45) is 0. The fraction of sp³-hybridized carbons (Fsp3) is 0.273. The second-order valence-corrected chi connectivity index (χ2v) is 4.11. The van der Waals surface area contributed by atoms with Crippen molar-refractivity contribution >= 4 is 27.8 Å². The number of aromatic hydroxyl groups is 1. The van der Waals surface area contributed by atoms with Crippen LogP contribution in [0.2, 0.25) is 0 Å². The molecule has 0 fully saturated rings. The Balaban J connectivity index is 2.64. The summed E-state index contributed by atoms with van der Waals surface area (Å²) in [7, 11) is 0. The molecule has 5 nitrogen and oxygen atoms in total. The molecule has 0 saturated carbocycles. The van der Waals surface area contributed by atoms with Crippen molar-refractivity contribution in [3.05, 3.63) is 28.2 Å². The molecule has 2 N–H and O–H groups in total. The number of carbonyl (C=O) groups is 2. The summed E-state index contributed by atoms with van der Waals surface area (Å²) in [5.41, 5.74) is 0.0173. The fourth-order valence-corrected chi connectivity index (χ4v) is 1.49. The molecule has 0 aliphatic carbocycles. The van der Waals surface area contributed by atoms with E-state index < -0.39 is 5.97 Å². The van der Waals surface area contributed by atoms with Crippen molar-refractivity contribution in [3.8, 4) is 5.75 Å². The highest BCUT2D eigenvalue weighted by Crippen LogP contribution is 2.22. The van der Waals surface area contributed by atoms with Crippen LogP contribution in [0, 0.1) is 0 Å². The van der Waals surface area contributed by atoms with E-state index in [9.17, 15) is 14.7 Å². The zero-order valence-corrected chi connectivity index (χ0v) is 10.8. The van der Waals surface area contributed by atoms with E-state index in [1.165, 1.54) is 12.1 Å². The summed E-state index contributed by atoms with van der Waals surface area (Å²) >= 11 is 3.17. The minimum Gasteiger partial charge on any atom is -0.507 e. The maximum Gasteiger partial charge on any atom is 0.342 e. The Kier molecular flexibility index (Phi) is 4.96. The SMILES string of the molecule is CCNC(=O)COC(=O)c1cc(Br)ccc1O. The normalized spacial score (nSPS) is 9.76. The molecule has 6 heteroatoms. The summed E-state index contributed by atoms with van der Waals surface area (Å²) < 4.78 is 5.39. The van der Waals surface area contributed by atoms with Crippen molar-refractivity contribution in [2.45, 2.75) is 6.92 Å². The number of likely N-dealkylation sites (N-methyl/N-ethyl adjacent to an activating group) is 1. The average molecular weight is 302 g/mol. The van der Waals surface area contributed by atoms with E-state index in [1.54, 1.807) is 13.0 Å². The Labute approximate surface area is 107 Å². The Morgan fingerprint density at radius 3 is 2.82 bits per heavy atom. The minimum absolute atomic E-state index is 0.0173. The van der Waals surface area contributed by atoms with Gasteiger partial charge in [0, 0.05) is 11.0 Å². The van der Waals surface area contributed by atoms with Gasteiger partial charge in [0.15, 0.2) is 6.61 Å². The lowest BCUT2D eigenvalue weighted by molar-refractivity contribution is -0.124. The van der Waals surface area contributed by atoms with E-state index in [4.69, 9.17) is 4.74 Å². The molecular weight excluding hydrogens is 290 g/mol. The number of hydrogen-bond donors (Lipinski definition) is 2. The number of carbonyl (C=O) groups excluding carboxylic acids is 2. The van der Waals surface area contributed by atoms with Crippen LogP contribution in [0.1, 0.15) is 17.3 Å².